The van der Waals surface area contributed by atoms with Crippen LogP contribution >= 0.6 is 0 Å². The monoisotopic (exact) mass is 442 g/mol. The molecule has 9 heteroatoms. The zero-order valence-corrected chi connectivity index (χ0v) is 18.3. The largest absolute Gasteiger partial charge is 0.396 e. The Morgan fingerprint density at radius 2 is 1.97 bits per heavy atom. The number of nitrogens with zero attached hydrogens (tertiary/aromatic N) is 1. The first-order valence-electron chi connectivity index (χ1n) is 9.94. The van der Waals surface area contributed by atoms with Crippen molar-refractivity contribution in [2.75, 3.05) is 32.1 Å². The number of H-pyrrole nitrogens is 1. The predicted octanol–water partition coefficient (Wildman–Crippen LogP) is 2.23. The van der Waals surface area contributed by atoms with Crippen LogP contribution in [0.15, 0.2) is 47.5 Å². The second-order valence-corrected chi connectivity index (χ2v) is 9.93. The molecule has 0 unspecified atom stereocenters. The zero-order valence-electron chi connectivity index (χ0n) is 17.5. The van der Waals surface area contributed by atoms with E-state index in [1.54, 1.807) is 24.4 Å². The molecule has 5 N–H and O–H groups in total. The molecule has 1 fully saturated rings. The Balaban J connectivity index is 1.67. The number of anilines is 1. The number of benzene rings is 1. The molecule has 0 spiro atoms. The molecule has 8 nitrogen and oxygen atoms in total. The van der Waals surface area contributed by atoms with Crippen LogP contribution in [0.5, 0.6) is 0 Å². The first kappa shape index (κ1) is 21.5. The van der Waals surface area contributed by atoms with Gasteiger partial charge in [-0.05, 0) is 55.3 Å². The standard InChI is InChI=1S/C22H26N4O4S/c1-14-3-5-17(31(28,29)25-10-22(11-27)12-30-13-22)8-18(14)16-7-19(21(23)24-9-16)20-6-4-15(2)26-20/h3-9,25-27H,10-13H2,1-2H3,(H2,23,24). The molecule has 0 atom stereocenters. The number of aryl methyl sites for hydroxylation is 2. The summed E-state index contributed by atoms with van der Waals surface area (Å²) in [4.78, 5) is 7.73. The van der Waals surface area contributed by atoms with Crippen LogP contribution in [0.4, 0.5) is 5.82 Å². The Hall–Kier alpha value is -2.72. The third-order valence-corrected chi connectivity index (χ3v) is 7.06. The minimum absolute atomic E-state index is 0.120. The smallest absolute Gasteiger partial charge is 0.240 e. The van der Waals surface area contributed by atoms with Gasteiger partial charge >= 0.3 is 0 Å². The molecule has 1 aliphatic rings. The highest BCUT2D eigenvalue weighted by molar-refractivity contribution is 7.89. The van der Waals surface area contributed by atoms with Crippen molar-refractivity contribution in [1.82, 2.24) is 14.7 Å². The molecule has 0 radical (unpaired) electrons. The van der Waals surface area contributed by atoms with Crippen LogP contribution in [-0.4, -0.2) is 49.9 Å². The topological polar surface area (TPSA) is 130 Å². The van der Waals surface area contributed by atoms with Crippen molar-refractivity contribution < 1.29 is 18.3 Å². The van der Waals surface area contributed by atoms with Crippen LogP contribution in [0.1, 0.15) is 11.3 Å². The highest BCUT2D eigenvalue weighted by atomic mass is 32.2. The summed E-state index contributed by atoms with van der Waals surface area (Å²) in [5, 5.41) is 9.54. The van der Waals surface area contributed by atoms with Crippen molar-refractivity contribution in [3.63, 3.8) is 0 Å². The normalized spacial score (nSPS) is 15.6. The van der Waals surface area contributed by atoms with E-state index in [0.717, 1.165) is 33.6 Å². The van der Waals surface area contributed by atoms with Crippen LogP contribution in [0.2, 0.25) is 0 Å². The number of ether oxygens (including phenoxy) is 1. The number of aromatic nitrogens is 2. The number of aliphatic hydroxyl groups is 1. The Labute approximate surface area is 181 Å². The summed E-state index contributed by atoms with van der Waals surface area (Å²) in [6.45, 7) is 4.54. The minimum atomic E-state index is -3.76. The van der Waals surface area contributed by atoms with Gasteiger partial charge in [0.25, 0.3) is 0 Å². The van der Waals surface area contributed by atoms with E-state index in [4.69, 9.17) is 10.5 Å². The van der Waals surface area contributed by atoms with Crippen molar-refractivity contribution in [2.24, 2.45) is 5.41 Å². The zero-order chi connectivity index (χ0) is 22.2. The molecule has 31 heavy (non-hydrogen) atoms. The molecule has 0 amide bonds. The van der Waals surface area contributed by atoms with Gasteiger partial charge in [0.2, 0.25) is 10.0 Å². The number of hydrogen-bond donors (Lipinski definition) is 4. The van der Waals surface area contributed by atoms with Gasteiger partial charge in [-0.1, -0.05) is 6.07 Å². The number of hydrogen-bond acceptors (Lipinski definition) is 6. The molecule has 1 aromatic carbocycles. The lowest BCUT2D eigenvalue weighted by atomic mass is 9.87. The van der Waals surface area contributed by atoms with Gasteiger partial charge in [0.15, 0.2) is 0 Å². The summed E-state index contributed by atoms with van der Waals surface area (Å²) in [5.74, 6) is 0.394. The second kappa shape index (κ2) is 8.08. The molecule has 4 rings (SSSR count). The first-order chi connectivity index (χ1) is 14.7. The van der Waals surface area contributed by atoms with Crippen molar-refractivity contribution in [3.8, 4) is 22.4 Å². The summed E-state index contributed by atoms with van der Waals surface area (Å²) >= 11 is 0. The maximum Gasteiger partial charge on any atom is 0.240 e. The fourth-order valence-electron chi connectivity index (χ4n) is 3.55. The quantitative estimate of drug-likeness (QED) is 0.444. The number of nitrogens with two attached hydrogens (primary N) is 1. The number of rotatable bonds is 7. The highest BCUT2D eigenvalue weighted by Gasteiger charge is 2.39. The summed E-state index contributed by atoms with van der Waals surface area (Å²) in [6, 6.07) is 10.8. The van der Waals surface area contributed by atoms with Gasteiger partial charge in [0.05, 0.1) is 30.1 Å². The Morgan fingerprint density at radius 3 is 2.58 bits per heavy atom. The van der Waals surface area contributed by atoms with Gasteiger partial charge in [-0.25, -0.2) is 18.1 Å². The summed E-state index contributed by atoms with van der Waals surface area (Å²) in [7, 11) is -3.76. The maximum atomic E-state index is 12.9. The summed E-state index contributed by atoms with van der Waals surface area (Å²) in [5.41, 5.74) is 10.6. The second-order valence-electron chi connectivity index (χ2n) is 8.16. The van der Waals surface area contributed by atoms with Crippen LogP contribution < -0.4 is 10.5 Å². The molecule has 0 saturated carbocycles. The lowest BCUT2D eigenvalue weighted by molar-refractivity contribution is -0.132. The Morgan fingerprint density at radius 1 is 1.19 bits per heavy atom. The van der Waals surface area contributed by atoms with Gasteiger partial charge in [0, 0.05) is 35.3 Å². The molecule has 0 bridgehead atoms. The van der Waals surface area contributed by atoms with Gasteiger partial charge in [-0.15, -0.1) is 0 Å². The van der Waals surface area contributed by atoms with E-state index < -0.39 is 15.4 Å². The van der Waals surface area contributed by atoms with E-state index in [1.165, 1.54) is 0 Å². The van der Waals surface area contributed by atoms with E-state index in [2.05, 4.69) is 14.7 Å². The molecular formula is C22H26N4O4S. The average Bonchev–Trinajstić information content (AvgIpc) is 3.14. The molecule has 1 aliphatic heterocycles. The SMILES string of the molecule is Cc1ccc(-c2cc(-c3cc(S(=O)(=O)NCC4(CO)COC4)ccc3C)cnc2N)[nH]1. The van der Waals surface area contributed by atoms with Crippen molar-refractivity contribution >= 4 is 15.8 Å². The van der Waals surface area contributed by atoms with Crippen LogP contribution in [-0.2, 0) is 14.8 Å². The molecule has 2 aromatic heterocycles. The molecule has 1 saturated heterocycles. The number of aromatic amines is 1. The predicted molar refractivity (Wildman–Crippen MR) is 119 cm³/mol. The Bertz CT molecular complexity index is 1210. The summed E-state index contributed by atoms with van der Waals surface area (Å²) in [6.07, 6.45) is 1.65. The molecular weight excluding hydrogens is 416 g/mol. The van der Waals surface area contributed by atoms with E-state index >= 15 is 0 Å². The average molecular weight is 443 g/mol. The lowest BCUT2D eigenvalue weighted by Crippen LogP contribution is -2.53. The fourth-order valence-corrected chi connectivity index (χ4v) is 4.73. The van der Waals surface area contributed by atoms with Crippen LogP contribution in [0, 0.1) is 19.3 Å². The molecule has 164 valence electrons. The van der Waals surface area contributed by atoms with Crippen LogP contribution in [0.3, 0.4) is 0 Å². The molecule has 0 aliphatic carbocycles. The molecule has 3 aromatic rings. The number of sulfonamides is 1. The third-order valence-electron chi connectivity index (χ3n) is 5.66. The highest BCUT2D eigenvalue weighted by Crippen LogP contribution is 2.32. The number of nitrogens with one attached hydrogen (secondary N) is 2. The van der Waals surface area contributed by atoms with Gasteiger partial charge in [-0.2, -0.15) is 0 Å². The van der Waals surface area contributed by atoms with Crippen LogP contribution in [0.25, 0.3) is 22.4 Å². The lowest BCUT2D eigenvalue weighted by Gasteiger charge is -2.39. The summed E-state index contributed by atoms with van der Waals surface area (Å²) < 4.78 is 33.5. The van der Waals surface area contributed by atoms with Gasteiger partial charge in [-0.3, -0.25) is 0 Å². The van der Waals surface area contributed by atoms with Gasteiger partial charge < -0.3 is 20.6 Å². The van der Waals surface area contributed by atoms with Crippen molar-refractivity contribution in [1.29, 1.82) is 0 Å². The number of nitrogen functional groups attached to an aromatic ring is 1. The Kier molecular flexibility index (Phi) is 5.61. The molecule has 3 heterocycles. The van der Waals surface area contributed by atoms with E-state index in [9.17, 15) is 13.5 Å². The third kappa shape index (κ3) is 4.22. The van der Waals surface area contributed by atoms with E-state index in [0.29, 0.717) is 19.0 Å². The van der Waals surface area contributed by atoms with Crippen molar-refractivity contribution in [3.05, 3.63) is 53.9 Å². The number of pyridine rings is 1. The first-order valence-corrected chi connectivity index (χ1v) is 11.4. The van der Waals surface area contributed by atoms with Gasteiger partial charge in [0.1, 0.15) is 5.82 Å². The van der Waals surface area contributed by atoms with Crippen molar-refractivity contribution in [2.45, 2.75) is 18.7 Å². The van der Waals surface area contributed by atoms with E-state index in [-0.39, 0.29) is 18.0 Å². The number of aliphatic hydroxyl groups excluding tert-OH is 1. The maximum absolute atomic E-state index is 12.9. The minimum Gasteiger partial charge on any atom is -0.396 e. The van der Waals surface area contributed by atoms with E-state index in [1.807, 2.05) is 32.0 Å². The fraction of sp³-hybridized carbons (Fsp3) is 0.318.